The van der Waals surface area contributed by atoms with Crippen LogP contribution in [-0.2, 0) is 9.53 Å². The van der Waals surface area contributed by atoms with Gasteiger partial charge >= 0.3 is 0 Å². The van der Waals surface area contributed by atoms with E-state index in [9.17, 15) is 4.79 Å². The van der Waals surface area contributed by atoms with Gasteiger partial charge in [0.05, 0.1) is 4.86 Å². The Morgan fingerprint density at radius 1 is 1.29 bits per heavy atom. The third-order valence-electron chi connectivity index (χ3n) is 2.16. The molecule has 0 saturated heterocycles. The molecule has 14 heavy (non-hydrogen) atoms. The molecule has 2 nitrogen and oxygen atoms in total. The molecule has 0 saturated carbocycles. The van der Waals surface area contributed by atoms with Gasteiger partial charge in [-0.1, -0.05) is 42.6 Å². The molecule has 0 amide bonds. The number of hydrogen-bond donors (Lipinski definition) is 0. The normalized spacial score (nSPS) is 18.9. The van der Waals surface area contributed by atoms with Gasteiger partial charge in [-0.2, -0.15) is 0 Å². The van der Waals surface area contributed by atoms with Gasteiger partial charge in [0, 0.05) is 5.56 Å². The van der Waals surface area contributed by atoms with Gasteiger partial charge in [-0.3, -0.25) is 4.79 Å². The molecule has 0 fully saturated rings. The zero-order valence-corrected chi connectivity index (χ0v) is 8.16. The van der Waals surface area contributed by atoms with Crippen molar-refractivity contribution in [2.24, 2.45) is 0 Å². The van der Waals surface area contributed by atoms with E-state index in [0.717, 1.165) is 11.1 Å². The predicted molar refractivity (Wildman–Crippen MR) is 58.0 cm³/mol. The second-order valence-electron chi connectivity index (χ2n) is 2.98. The molecular formula is C11H8O2S. The first kappa shape index (κ1) is 9.09. The van der Waals surface area contributed by atoms with Crippen molar-refractivity contribution in [3.8, 4) is 0 Å². The van der Waals surface area contributed by atoms with Crippen LogP contribution in [0.2, 0.25) is 0 Å². The van der Waals surface area contributed by atoms with Crippen LogP contribution in [0.5, 0.6) is 0 Å². The molecule has 0 aromatic heterocycles. The maximum Gasteiger partial charge on any atom is 0.294 e. The topological polar surface area (TPSA) is 26.3 Å². The van der Waals surface area contributed by atoms with Crippen LogP contribution in [0.25, 0.3) is 6.08 Å². The van der Waals surface area contributed by atoms with Gasteiger partial charge in [-0.05, 0) is 11.6 Å². The molecule has 0 bridgehead atoms. The zero-order chi connectivity index (χ0) is 9.97. The highest BCUT2D eigenvalue weighted by Gasteiger charge is 2.21. The van der Waals surface area contributed by atoms with Crippen molar-refractivity contribution in [1.82, 2.24) is 0 Å². The molecule has 3 heteroatoms. The zero-order valence-electron chi connectivity index (χ0n) is 7.34. The van der Waals surface area contributed by atoms with Gasteiger partial charge < -0.3 is 4.74 Å². The Morgan fingerprint density at radius 3 is 2.86 bits per heavy atom. The number of rotatable bonds is 2. The van der Waals surface area contributed by atoms with Crippen molar-refractivity contribution in [2.45, 2.75) is 6.10 Å². The van der Waals surface area contributed by atoms with Gasteiger partial charge in [0.1, 0.15) is 0 Å². The fraction of sp³-hybridized carbons (Fsp3) is 0.0909. The van der Waals surface area contributed by atoms with E-state index in [1.54, 1.807) is 6.08 Å². The summed E-state index contributed by atoms with van der Waals surface area (Å²) in [6.45, 7) is 0.437. The van der Waals surface area contributed by atoms with Crippen molar-refractivity contribution >= 4 is 29.6 Å². The Morgan fingerprint density at radius 2 is 2.07 bits per heavy atom. The van der Waals surface area contributed by atoms with Crippen molar-refractivity contribution < 1.29 is 9.53 Å². The van der Waals surface area contributed by atoms with E-state index >= 15 is 0 Å². The average molecular weight is 204 g/mol. The maximum absolute atomic E-state index is 10.3. The Balaban J connectivity index is 2.47. The van der Waals surface area contributed by atoms with E-state index < -0.39 is 6.10 Å². The summed E-state index contributed by atoms with van der Waals surface area (Å²) >= 11 is 5.10. The molecule has 0 aliphatic heterocycles. The molecule has 0 radical (unpaired) electrons. The van der Waals surface area contributed by atoms with Crippen LogP contribution in [0.15, 0.2) is 30.3 Å². The van der Waals surface area contributed by atoms with Crippen LogP contribution >= 0.6 is 12.2 Å². The molecule has 1 unspecified atom stereocenters. The SMILES string of the molecule is O=COC1C(=S)C=Cc2ccccc21. The third kappa shape index (κ3) is 1.46. The largest absolute Gasteiger partial charge is 0.454 e. The molecule has 0 heterocycles. The average Bonchev–Trinajstić information content (AvgIpc) is 2.23. The Bertz CT molecular complexity index is 410. The number of ether oxygens (including phenoxy) is 1. The molecule has 1 aromatic carbocycles. The Labute approximate surface area is 87.2 Å². The van der Waals surface area contributed by atoms with Crippen molar-refractivity contribution in [3.63, 3.8) is 0 Å². The number of hydrogen-bond acceptors (Lipinski definition) is 3. The molecule has 0 spiro atoms. The quantitative estimate of drug-likeness (QED) is 0.546. The second kappa shape index (κ2) is 3.72. The molecular weight excluding hydrogens is 196 g/mol. The third-order valence-corrected chi connectivity index (χ3v) is 2.51. The number of thiocarbonyl (C=S) groups is 1. The summed E-state index contributed by atoms with van der Waals surface area (Å²) in [5, 5.41) is 0. The molecule has 0 N–H and O–H groups in total. The van der Waals surface area contributed by atoms with Crippen LogP contribution in [0.3, 0.4) is 0 Å². The summed E-state index contributed by atoms with van der Waals surface area (Å²) in [7, 11) is 0. The summed E-state index contributed by atoms with van der Waals surface area (Å²) in [6.07, 6.45) is 3.33. The monoisotopic (exact) mass is 204 g/mol. The van der Waals surface area contributed by atoms with E-state index in [-0.39, 0.29) is 0 Å². The number of carbonyl (C=O) groups is 1. The standard InChI is InChI=1S/C11H8O2S/c12-7-13-11-9-4-2-1-3-8(9)5-6-10(11)14/h1-7,11H. The van der Waals surface area contributed by atoms with E-state index in [1.165, 1.54) is 0 Å². The Kier molecular flexibility index (Phi) is 2.41. The van der Waals surface area contributed by atoms with E-state index in [1.807, 2.05) is 30.3 Å². The fourth-order valence-electron chi connectivity index (χ4n) is 1.51. The van der Waals surface area contributed by atoms with Gasteiger partial charge in [-0.25, -0.2) is 0 Å². The second-order valence-corrected chi connectivity index (χ2v) is 3.45. The lowest BCUT2D eigenvalue weighted by atomic mass is 9.95. The van der Waals surface area contributed by atoms with Gasteiger partial charge in [0.15, 0.2) is 6.10 Å². The Hall–Kier alpha value is -1.48. The van der Waals surface area contributed by atoms with Crippen LogP contribution in [0, 0.1) is 0 Å². The van der Waals surface area contributed by atoms with Crippen LogP contribution < -0.4 is 0 Å². The molecule has 1 atom stereocenters. The summed E-state index contributed by atoms with van der Waals surface area (Å²) in [6, 6.07) is 7.73. The highest BCUT2D eigenvalue weighted by Crippen LogP contribution is 2.28. The first-order chi connectivity index (χ1) is 6.83. The van der Waals surface area contributed by atoms with Gasteiger partial charge in [0.2, 0.25) is 0 Å². The predicted octanol–water partition coefficient (Wildman–Crippen LogP) is 2.30. The minimum Gasteiger partial charge on any atom is -0.454 e. The first-order valence-corrected chi connectivity index (χ1v) is 4.63. The van der Waals surface area contributed by atoms with E-state index in [0.29, 0.717) is 11.3 Å². The number of fused-ring (bicyclic) bond motifs is 1. The number of benzene rings is 1. The van der Waals surface area contributed by atoms with Gasteiger partial charge in [-0.15, -0.1) is 0 Å². The summed E-state index contributed by atoms with van der Waals surface area (Å²) in [4.78, 5) is 11.0. The minimum atomic E-state index is -0.399. The molecule has 1 aliphatic rings. The highest BCUT2D eigenvalue weighted by molar-refractivity contribution is 7.80. The number of carbonyl (C=O) groups excluding carboxylic acids is 1. The van der Waals surface area contributed by atoms with Crippen LogP contribution in [0.4, 0.5) is 0 Å². The summed E-state index contributed by atoms with van der Waals surface area (Å²) in [5.41, 5.74) is 2.00. The van der Waals surface area contributed by atoms with Crippen molar-refractivity contribution in [1.29, 1.82) is 0 Å². The summed E-state index contributed by atoms with van der Waals surface area (Å²) < 4.78 is 4.95. The van der Waals surface area contributed by atoms with Crippen LogP contribution in [-0.4, -0.2) is 11.3 Å². The molecule has 1 aliphatic carbocycles. The lowest BCUT2D eigenvalue weighted by Crippen LogP contribution is -2.15. The smallest absolute Gasteiger partial charge is 0.294 e. The molecule has 70 valence electrons. The fourth-order valence-corrected chi connectivity index (χ4v) is 1.76. The lowest BCUT2D eigenvalue weighted by Gasteiger charge is -2.20. The van der Waals surface area contributed by atoms with Crippen LogP contribution in [0.1, 0.15) is 17.2 Å². The van der Waals surface area contributed by atoms with Gasteiger partial charge in [0.25, 0.3) is 6.47 Å². The first-order valence-electron chi connectivity index (χ1n) is 4.23. The molecule has 1 aromatic rings. The maximum atomic E-state index is 10.3. The lowest BCUT2D eigenvalue weighted by molar-refractivity contribution is -0.130. The van der Waals surface area contributed by atoms with Crippen molar-refractivity contribution in [3.05, 3.63) is 41.5 Å². The minimum absolute atomic E-state index is 0.399. The summed E-state index contributed by atoms with van der Waals surface area (Å²) in [5.74, 6) is 0. The molecule has 2 rings (SSSR count). The van der Waals surface area contributed by atoms with E-state index in [2.05, 4.69) is 0 Å². The highest BCUT2D eigenvalue weighted by atomic mass is 32.1. The van der Waals surface area contributed by atoms with Crippen molar-refractivity contribution in [2.75, 3.05) is 0 Å². The van der Waals surface area contributed by atoms with E-state index in [4.69, 9.17) is 17.0 Å².